The zero-order valence-corrected chi connectivity index (χ0v) is 11.7. The third kappa shape index (κ3) is 3.56. The molecule has 0 N–H and O–H groups in total. The molecule has 0 aliphatic carbocycles. The highest BCUT2D eigenvalue weighted by Crippen LogP contribution is 2.17. The summed E-state index contributed by atoms with van der Waals surface area (Å²) in [5.41, 5.74) is 2.34. The SMILES string of the molecule is Cc1ccc(CC(=O)N2CCCC(Br)C2)cc1. The van der Waals surface area contributed by atoms with E-state index >= 15 is 0 Å². The van der Waals surface area contributed by atoms with E-state index in [4.69, 9.17) is 0 Å². The van der Waals surface area contributed by atoms with E-state index in [-0.39, 0.29) is 5.91 Å². The molecule has 1 atom stereocenters. The molecule has 1 heterocycles. The molecule has 0 saturated carbocycles. The van der Waals surface area contributed by atoms with E-state index < -0.39 is 0 Å². The summed E-state index contributed by atoms with van der Waals surface area (Å²) in [5, 5.41) is 0. The van der Waals surface area contributed by atoms with Crippen LogP contribution in [-0.2, 0) is 11.2 Å². The molecule has 1 aromatic carbocycles. The number of carbonyl (C=O) groups is 1. The monoisotopic (exact) mass is 295 g/mol. The molecule has 0 spiro atoms. The Hall–Kier alpha value is -0.830. The van der Waals surface area contributed by atoms with E-state index in [0.717, 1.165) is 25.1 Å². The lowest BCUT2D eigenvalue weighted by atomic mass is 10.1. The fraction of sp³-hybridized carbons (Fsp3) is 0.500. The molecule has 0 aromatic heterocycles. The quantitative estimate of drug-likeness (QED) is 0.768. The molecule has 17 heavy (non-hydrogen) atoms. The van der Waals surface area contributed by atoms with Gasteiger partial charge in [-0.15, -0.1) is 0 Å². The van der Waals surface area contributed by atoms with Crippen LogP contribution in [-0.4, -0.2) is 28.7 Å². The first kappa shape index (κ1) is 12.6. The summed E-state index contributed by atoms with van der Waals surface area (Å²) in [5.74, 6) is 0.248. The first-order chi connectivity index (χ1) is 8.15. The van der Waals surface area contributed by atoms with Gasteiger partial charge in [-0.2, -0.15) is 0 Å². The number of amides is 1. The van der Waals surface area contributed by atoms with Crippen LogP contribution < -0.4 is 0 Å². The lowest BCUT2D eigenvalue weighted by molar-refractivity contribution is -0.131. The van der Waals surface area contributed by atoms with Crippen molar-refractivity contribution in [3.8, 4) is 0 Å². The van der Waals surface area contributed by atoms with Crippen LogP contribution in [0.25, 0.3) is 0 Å². The van der Waals surface area contributed by atoms with Crippen molar-refractivity contribution in [1.82, 2.24) is 4.90 Å². The Morgan fingerprint density at radius 1 is 1.41 bits per heavy atom. The average Bonchev–Trinajstić information content (AvgIpc) is 2.32. The van der Waals surface area contributed by atoms with Gasteiger partial charge in [0.1, 0.15) is 0 Å². The van der Waals surface area contributed by atoms with Crippen molar-refractivity contribution in [3.05, 3.63) is 35.4 Å². The lowest BCUT2D eigenvalue weighted by Gasteiger charge is -2.30. The number of halogens is 1. The van der Waals surface area contributed by atoms with E-state index in [2.05, 4.69) is 35.0 Å². The molecule has 1 aliphatic heterocycles. The number of aryl methyl sites for hydroxylation is 1. The van der Waals surface area contributed by atoms with Crippen molar-refractivity contribution in [3.63, 3.8) is 0 Å². The fourth-order valence-corrected chi connectivity index (χ4v) is 2.82. The minimum atomic E-state index is 0.248. The summed E-state index contributed by atoms with van der Waals surface area (Å²) in [4.78, 5) is 14.5. The van der Waals surface area contributed by atoms with Crippen LogP contribution in [0.5, 0.6) is 0 Å². The van der Waals surface area contributed by atoms with Gasteiger partial charge in [0.15, 0.2) is 0 Å². The van der Waals surface area contributed by atoms with Crippen molar-refractivity contribution < 1.29 is 4.79 Å². The maximum atomic E-state index is 12.1. The van der Waals surface area contributed by atoms with Gasteiger partial charge in [0.25, 0.3) is 0 Å². The Balaban J connectivity index is 1.94. The Morgan fingerprint density at radius 2 is 2.12 bits per heavy atom. The molecule has 92 valence electrons. The second kappa shape index (κ2) is 5.67. The highest BCUT2D eigenvalue weighted by Gasteiger charge is 2.21. The van der Waals surface area contributed by atoms with Crippen LogP contribution in [0.15, 0.2) is 24.3 Å². The molecule has 1 aliphatic rings. The van der Waals surface area contributed by atoms with Gasteiger partial charge in [0, 0.05) is 17.9 Å². The van der Waals surface area contributed by atoms with Crippen molar-refractivity contribution in [1.29, 1.82) is 0 Å². The smallest absolute Gasteiger partial charge is 0.227 e. The predicted molar refractivity (Wildman–Crippen MR) is 73.4 cm³/mol. The topological polar surface area (TPSA) is 20.3 Å². The summed E-state index contributed by atoms with van der Waals surface area (Å²) in [7, 11) is 0. The van der Waals surface area contributed by atoms with Gasteiger partial charge in [-0.1, -0.05) is 45.8 Å². The maximum absolute atomic E-state index is 12.1. The third-order valence-electron chi connectivity index (χ3n) is 3.19. The minimum absolute atomic E-state index is 0.248. The van der Waals surface area contributed by atoms with Crippen molar-refractivity contribution in [2.75, 3.05) is 13.1 Å². The van der Waals surface area contributed by atoms with Crippen LogP contribution >= 0.6 is 15.9 Å². The largest absolute Gasteiger partial charge is 0.341 e. The molecule has 0 radical (unpaired) electrons. The molecule has 3 heteroatoms. The maximum Gasteiger partial charge on any atom is 0.227 e. The minimum Gasteiger partial charge on any atom is -0.341 e. The number of rotatable bonds is 2. The molecule has 1 saturated heterocycles. The normalized spacial score (nSPS) is 20.4. The molecule has 0 bridgehead atoms. The molecule has 2 nitrogen and oxygen atoms in total. The zero-order chi connectivity index (χ0) is 12.3. The molecule has 1 amide bonds. The zero-order valence-electron chi connectivity index (χ0n) is 10.2. The first-order valence-corrected chi connectivity index (χ1v) is 7.04. The average molecular weight is 296 g/mol. The molecular weight excluding hydrogens is 278 g/mol. The standard InChI is InChI=1S/C14H18BrNO/c1-11-4-6-12(7-5-11)9-14(17)16-8-2-3-13(15)10-16/h4-7,13H,2-3,8-10H2,1H3. The van der Waals surface area contributed by atoms with Gasteiger partial charge in [0.05, 0.1) is 6.42 Å². The second-order valence-corrected chi connectivity index (χ2v) is 6.04. The highest BCUT2D eigenvalue weighted by molar-refractivity contribution is 9.09. The summed E-state index contributed by atoms with van der Waals surface area (Å²) < 4.78 is 0. The van der Waals surface area contributed by atoms with E-state index in [0.29, 0.717) is 11.2 Å². The van der Waals surface area contributed by atoms with Gasteiger partial charge in [-0.25, -0.2) is 0 Å². The number of hydrogen-bond acceptors (Lipinski definition) is 1. The van der Waals surface area contributed by atoms with Gasteiger partial charge < -0.3 is 4.90 Å². The van der Waals surface area contributed by atoms with Gasteiger partial charge in [-0.3, -0.25) is 4.79 Å². The van der Waals surface area contributed by atoms with Crippen LogP contribution in [0, 0.1) is 6.92 Å². The van der Waals surface area contributed by atoms with Crippen molar-refractivity contribution in [2.45, 2.75) is 31.0 Å². The highest BCUT2D eigenvalue weighted by atomic mass is 79.9. The Morgan fingerprint density at radius 3 is 2.76 bits per heavy atom. The first-order valence-electron chi connectivity index (χ1n) is 6.12. The fourth-order valence-electron chi connectivity index (χ4n) is 2.14. The van der Waals surface area contributed by atoms with Crippen molar-refractivity contribution >= 4 is 21.8 Å². The molecule has 1 unspecified atom stereocenters. The van der Waals surface area contributed by atoms with Crippen LogP contribution in [0.4, 0.5) is 0 Å². The van der Waals surface area contributed by atoms with Crippen molar-refractivity contribution in [2.24, 2.45) is 0 Å². The number of hydrogen-bond donors (Lipinski definition) is 0. The van der Waals surface area contributed by atoms with E-state index in [9.17, 15) is 4.79 Å². The number of alkyl halides is 1. The Kier molecular flexibility index (Phi) is 4.21. The Bertz CT molecular complexity index is 388. The van der Waals surface area contributed by atoms with Crippen LogP contribution in [0.2, 0.25) is 0 Å². The van der Waals surface area contributed by atoms with Gasteiger partial charge in [0.2, 0.25) is 5.91 Å². The Labute approximate surface area is 111 Å². The number of benzene rings is 1. The molecule has 2 rings (SSSR count). The second-order valence-electron chi connectivity index (χ2n) is 4.74. The number of carbonyl (C=O) groups excluding carboxylic acids is 1. The predicted octanol–water partition coefficient (Wildman–Crippen LogP) is 2.92. The third-order valence-corrected chi connectivity index (χ3v) is 3.94. The summed E-state index contributed by atoms with van der Waals surface area (Å²) in [6, 6.07) is 8.21. The number of piperidine rings is 1. The number of nitrogens with zero attached hydrogens (tertiary/aromatic N) is 1. The summed E-state index contributed by atoms with van der Waals surface area (Å²) in [6.07, 6.45) is 2.81. The van der Waals surface area contributed by atoms with Crippen LogP contribution in [0.1, 0.15) is 24.0 Å². The summed E-state index contributed by atoms with van der Waals surface area (Å²) in [6.45, 7) is 3.82. The molecule has 1 aromatic rings. The van der Waals surface area contributed by atoms with E-state index in [1.807, 2.05) is 17.0 Å². The van der Waals surface area contributed by atoms with E-state index in [1.165, 1.54) is 12.0 Å². The lowest BCUT2D eigenvalue weighted by Crippen LogP contribution is -2.41. The van der Waals surface area contributed by atoms with Crippen LogP contribution in [0.3, 0.4) is 0 Å². The van der Waals surface area contributed by atoms with E-state index in [1.54, 1.807) is 0 Å². The number of likely N-dealkylation sites (tertiary alicyclic amines) is 1. The molecular formula is C14H18BrNO. The molecule has 1 fully saturated rings. The van der Waals surface area contributed by atoms with Gasteiger partial charge in [-0.05, 0) is 25.3 Å². The summed E-state index contributed by atoms with van der Waals surface area (Å²) >= 11 is 3.60. The van der Waals surface area contributed by atoms with Gasteiger partial charge >= 0.3 is 0 Å².